The molecule has 1 aromatic carbocycles. The normalized spacial score (nSPS) is 13.2. The van der Waals surface area contributed by atoms with Crippen molar-refractivity contribution in [1.82, 2.24) is 4.72 Å². The van der Waals surface area contributed by atoms with Gasteiger partial charge in [0, 0.05) is 18.7 Å². The Morgan fingerprint density at radius 2 is 2.10 bits per heavy atom. The largest absolute Gasteiger partial charge is 0.392 e. The summed E-state index contributed by atoms with van der Waals surface area (Å²) in [4.78, 5) is 10.0. The summed E-state index contributed by atoms with van der Waals surface area (Å²) in [5.74, 6) is 0. The van der Waals surface area contributed by atoms with E-state index in [-0.39, 0.29) is 22.7 Å². The average Bonchev–Trinajstić information content (AvgIpc) is 2.36. The maximum absolute atomic E-state index is 12.1. The van der Waals surface area contributed by atoms with Crippen molar-refractivity contribution in [2.45, 2.75) is 37.7 Å². The number of sulfonamides is 1. The monoisotopic (exact) mass is 302 g/mol. The lowest BCUT2D eigenvalue weighted by atomic mass is 10.2. The van der Waals surface area contributed by atoms with Gasteiger partial charge in [0.1, 0.15) is 0 Å². The van der Waals surface area contributed by atoms with Crippen molar-refractivity contribution in [1.29, 1.82) is 0 Å². The van der Waals surface area contributed by atoms with Crippen molar-refractivity contribution >= 4 is 15.7 Å². The van der Waals surface area contributed by atoms with E-state index in [1.54, 1.807) is 0 Å². The smallest absolute Gasteiger partial charge is 0.269 e. The zero-order chi connectivity index (χ0) is 15.3. The van der Waals surface area contributed by atoms with Crippen molar-refractivity contribution in [3.63, 3.8) is 0 Å². The van der Waals surface area contributed by atoms with Crippen LogP contribution in [0.25, 0.3) is 0 Å². The summed E-state index contributed by atoms with van der Waals surface area (Å²) in [5.41, 5.74) is 0.129. The lowest BCUT2D eigenvalue weighted by Gasteiger charge is -2.12. The van der Waals surface area contributed by atoms with Crippen LogP contribution in [0.3, 0.4) is 0 Å². The minimum absolute atomic E-state index is 0.0215. The summed E-state index contributed by atoms with van der Waals surface area (Å²) in [6.45, 7) is 3.30. The van der Waals surface area contributed by atoms with Gasteiger partial charge in [-0.2, -0.15) is 0 Å². The second-order valence-corrected chi connectivity index (χ2v) is 6.24. The summed E-state index contributed by atoms with van der Waals surface area (Å²) in [6.07, 6.45) is 0.509. The van der Waals surface area contributed by atoms with Crippen molar-refractivity contribution in [3.05, 3.63) is 33.9 Å². The summed E-state index contributed by atoms with van der Waals surface area (Å²) in [7, 11) is -3.78. The molecule has 0 aliphatic heterocycles. The topological polar surface area (TPSA) is 110 Å². The Hall–Kier alpha value is -1.51. The maximum atomic E-state index is 12.1. The Bertz CT molecular complexity index is 586. The molecule has 0 saturated carbocycles. The fourth-order valence-electron chi connectivity index (χ4n) is 1.77. The number of hydrogen-bond acceptors (Lipinski definition) is 5. The Morgan fingerprint density at radius 3 is 2.60 bits per heavy atom. The van der Waals surface area contributed by atoms with Crippen LogP contribution in [0.5, 0.6) is 0 Å². The number of non-ortho nitro benzene ring substituents is 1. The summed E-state index contributed by atoms with van der Waals surface area (Å²) >= 11 is 0. The van der Waals surface area contributed by atoms with Gasteiger partial charge in [-0.15, -0.1) is 0 Å². The molecule has 20 heavy (non-hydrogen) atoms. The standard InChI is InChI=1S/C12H18N2O5S/c1-3-4-11(15)8-13-20(18,19)12-6-5-10(14(16)17)7-9(12)2/h5-7,11,13,15H,3-4,8H2,1-2H3. The molecule has 112 valence electrons. The molecule has 8 heteroatoms. The SMILES string of the molecule is CCCC(O)CNS(=O)(=O)c1ccc([N+](=O)[O-])cc1C. The lowest BCUT2D eigenvalue weighted by molar-refractivity contribution is -0.385. The van der Waals surface area contributed by atoms with Crippen molar-refractivity contribution < 1.29 is 18.4 Å². The van der Waals surface area contributed by atoms with Gasteiger partial charge in [-0.25, -0.2) is 13.1 Å². The molecular formula is C12H18N2O5S. The number of aryl methyl sites for hydroxylation is 1. The molecule has 0 aliphatic rings. The van der Waals surface area contributed by atoms with Crippen LogP contribution in [0.4, 0.5) is 5.69 Å². The fraction of sp³-hybridized carbons (Fsp3) is 0.500. The van der Waals surface area contributed by atoms with E-state index in [0.717, 1.165) is 12.5 Å². The van der Waals surface area contributed by atoms with Gasteiger partial charge in [0.25, 0.3) is 5.69 Å². The van der Waals surface area contributed by atoms with Crippen LogP contribution in [-0.4, -0.2) is 31.1 Å². The molecule has 0 heterocycles. The second kappa shape index (κ2) is 6.78. The Morgan fingerprint density at radius 1 is 1.45 bits per heavy atom. The predicted octanol–water partition coefficient (Wildman–Crippen LogP) is 1.34. The van der Waals surface area contributed by atoms with E-state index in [2.05, 4.69) is 4.72 Å². The third-order valence-electron chi connectivity index (χ3n) is 2.79. The van der Waals surface area contributed by atoms with Crippen LogP contribution >= 0.6 is 0 Å². The number of hydrogen-bond donors (Lipinski definition) is 2. The first-order valence-electron chi connectivity index (χ1n) is 6.20. The molecule has 0 amide bonds. The van der Waals surface area contributed by atoms with Crippen molar-refractivity contribution in [3.8, 4) is 0 Å². The Labute approximate surface area is 117 Å². The second-order valence-electron chi connectivity index (χ2n) is 4.50. The number of aliphatic hydroxyl groups excluding tert-OH is 1. The average molecular weight is 302 g/mol. The highest BCUT2D eigenvalue weighted by Gasteiger charge is 2.20. The molecule has 7 nitrogen and oxygen atoms in total. The van der Waals surface area contributed by atoms with Gasteiger partial charge < -0.3 is 5.11 Å². The molecular weight excluding hydrogens is 284 g/mol. The van der Waals surface area contributed by atoms with E-state index >= 15 is 0 Å². The van der Waals surface area contributed by atoms with Crippen LogP contribution in [0.1, 0.15) is 25.3 Å². The molecule has 2 N–H and O–H groups in total. The first kappa shape index (κ1) is 16.5. The summed E-state index contributed by atoms with van der Waals surface area (Å²) in [6, 6.07) is 3.54. The number of nitrogens with zero attached hydrogens (tertiary/aromatic N) is 1. The molecule has 0 bridgehead atoms. The maximum Gasteiger partial charge on any atom is 0.269 e. The number of nitro benzene ring substituents is 1. The first-order chi connectivity index (χ1) is 9.27. The number of rotatable bonds is 7. The molecule has 0 spiro atoms. The highest BCUT2D eigenvalue weighted by atomic mass is 32.2. The molecule has 1 rings (SSSR count). The van der Waals surface area contributed by atoms with Gasteiger partial charge in [-0.3, -0.25) is 10.1 Å². The van der Waals surface area contributed by atoms with E-state index in [1.807, 2.05) is 6.92 Å². The molecule has 0 aliphatic carbocycles. The van der Waals surface area contributed by atoms with E-state index in [0.29, 0.717) is 6.42 Å². The Balaban J connectivity index is 2.90. The molecule has 0 fully saturated rings. The van der Waals surface area contributed by atoms with E-state index < -0.39 is 21.1 Å². The zero-order valence-electron chi connectivity index (χ0n) is 11.4. The Kier molecular flexibility index (Phi) is 5.61. The minimum atomic E-state index is -3.78. The van der Waals surface area contributed by atoms with Crippen LogP contribution < -0.4 is 4.72 Å². The molecule has 0 saturated heterocycles. The number of aliphatic hydroxyl groups is 1. The minimum Gasteiger partial charge on any atom is -0.392 e. The fourth-order valence-corrected chi connectivity index (χ4v) is 3.06. The summed E-state index contributed by atoms with van der Waals surface area (Å²) < 4.78 is 26.4. The van der Waals surface area contributed by atoms with E-state index in [4.69, 9.17) is 0 Å². The van der Waals surface area contributed by atoms with Gasteiger partial charge in [0.15, 0.2) is 0 Å². The van der Waals surface area contributed by atoms with Crippen molar-refractivity contribution in [2.75, 3.05) is 6.54 Å². The quantitative estimate of drug-likeness (QED) is 0.583. The number of benzene rings is 1. The van der Waals surface area contributed by atoms with Crippen LogP contribution in [-0.2, 0) is 10.0 Å². The van der Waals surface area contributed by atoms with E-state index in [9.17, 15) is 23.6 Å². The van der Waals surface area contributed by atoms with Crippen molar-refractivity contribution in [2.24, 2.45) is 0 Å². The van der Waals surface area contributed by atoms with Crippen LogP contribution in [0.2, 0.25) is 0 Å². The molecule has 0 aromatic heterocycles. The van der Waals surface area contributed by atoms with Gasteiger partial charge in [-0.1, -0.05) is 13.3 Å². The third-order valence-corrected chi connectivity index (χ3v) is 4.37. The highest BCUT2D eigenvalue weighted by Crippen LogP contribution is 2.20. The molecule has 0 radical (unpaired) electrons. The van der Waals surface area contributed by atoms with Gasteiger partial charge >= 0.3 is 0 Å². The zero-order valence-corrected chi connectivity index (χ0v) is 12.2. The molecule has 1 aromatic rings. The molecule has 1 unspecified atom stereocenters. The van der Waals surface area contributed by atoms with Gasteiger partial charge in [0.05, 0.1) is 15.9 Å². The van der Waals surface area contributed by atoms with Crippen LogP contribution in [0.15, 0.2) is 23.1 Å². The predicted molar refractivity (Wildman–Crippen MR) is 73.9 cm³/mol. The van der Waals surface area contributed by atoms with Gasteiger partial charge in [-0.05, 0) is 25.0 Å². The molecule has 1 atom stereocenters. The third kappa shape index (κ3) is 4.26. The summed E-state index contributed by atoms with van der Waals surface area (Å²) in [5, 5.41) is 20.1. The van der Waals surface area contributed by atoms with E-state index in [1.165, 1.54) is 19.1 Å². The van der Waals surface area contributed by atoms with Crippen LogP contribution in [0, 0.1) is 17.0 Å². The lowest BCUT2D eigenvalue weighted by Crippen LogP contribution is -2.32. The number of nitro groups is 1. The first-order valence-corrected chi connectivity index (χ1v) is 7.69. The highest BCUT2D eigenvalue weighted by molar-refractivity contribution is 7.89. The number of nitrogens with one attached hydrogen (secondary N) is 1. The van der Waals surface area contributed by atoms with Gasteiger partial charge in [0.2, 0.25) is 10.0 Å².